The van der Waals surface area contributed by atoms with Crippen molar-refractivity contribution >= 4 is 28.5 Å². The Kier molecular flexibility index (Phi) is 5.93. The molecular formula is C26H30N4O2. The smallest absolute Gasteiger partial charge is 0.251 e. The van der Waals surface area contributed by atoms with Crippen molar-refractivity contribution in [2.75, 3.05) is 5.32 Å². The van der Waals surface area contributed by atoms with Gasteiger partial charge in [0.2, 0.25) is 5.91 Å². The Morgan fingerprint density at radius 3 is 2.34 bits per heavy atom. The third kappa shape index (κ3) is 4.54. The van der Waals surface area contributed by atoms with Gasteiger partial charge in [-0.05, 0) is 68.1 Å². The zero-order chi connectivity index (χ0) is 21.9. The number of fused-ring (bicyclic) bond motifs is 1. The lowest BCUT2D eigenvalue weighted by Gasteiger charge is -2.22. The normalized spacial score (nSPS) is 17.5. The van der Waals surface area contributed by atoms with Gasteiger partial charge in [0.25, 0.3) is 5.91 Å². The molecule has 2 aromatic carbocycles. The summed E-state index contributed by atoms with van der Waals surface area (Å²) in [6, 6.07) is 13.6. The van der Waals surface area contributed by atoms with Crippen LogP contribution in [-0.4, -0.2) is 27.8 Å². The van der Waals surface area contributed by atoms with Crippen molar-refractivity contribution in [2.24, 2.45) is 5.92 Å². The zero-order valence-corrected chi connectivity index (χ0v) is 18.3. The molecule has 0 saturated heterocycles. The van der Waals surface area contributed by atoms with Crippen LogP contribution in [0.4, 0.5) is 5.69 Å². The van der Waals surface area contributed by atoms with Crippen LogP contribution >= 0.6 is 0 Å². The number of nitrogens with zero attached hydrogens (tertiary/aromatic N) is 1. The van der Waals surface area contributed by atoms with Crippen molar-refractivity contribution in [3.8, 4) is 11.4 Å². The average Bonchev–Trinajstić information content (AvgIpc) is 3.50. The first-order valence-electron chi connectivity index (χ1n) is 11.9. The van der Waals surface area contributed by atoms with Gasteiger partial charge in [-0.15, -0.1) is 0 Å². The quantitative estimate of drug-likeness (QED) is 0.505. The summed E-state index contributed by atoms with van der Waals surface area (Å²) in [6.07, 6.45) is 10.1. The van der Waals surface area contributed by atoms with Gasteiger partial charge >= 0.3 is 0 Å². The van der Waals surface area contributed by atoms with E-state index in [-0.39, 0.29) is 23.8 Å². The number of carbonyl (C=O) groups is 2. The Balaban J connectivity index is 1.28. The summed E-state index contributed by atoms with van der Waals surface area (Å²) in [5.74, 6) is 1.00. The van der Waals surface area contributed by atoms with E-state index in [4.69, 9.17) is 0 Å². The Bertz CT molecular complexity index is 1110. The molecule has 6 nitrogen and oxygen atoms in total. The molecule has 32 heavy (non-hydrogen) atoms. The summed E-state index contributed by atoms with van der Waals surface area (Å²) in [4.78, 5) is 33.0. The molecule has 0 atom stereocenters. The van der Waals surface area contributed by atoms with Crippen molar-refractivity contribution < 1.29 is 9.59 Å². The SMILES string of the molecule is O=C(NC1CCCCC1)c1ccc2nc(-c3ccc(NC(=O)C4CCCC4)cc3)[nH]c2c1. The Labute approximate surface area is 188 Å². The minimum absolute atomic E-state index is 0.0164. The Hall–Kier alpha value is -3.15. The second-order valence-electron chi connectivity index (χ2n) is 9.17. The summed E-state index contributed by atoms with van der Waals surface area (Å²) in [6.45, 7) is 0. The number of rotatable bonds is 5. The van der Waals surface area contributed by atoms with E-state index in [1.165, 1.54) is 19.3 Å². The highest BCUT2D eigenvalue weighted by molar-refractivity contribution is 5.98. The summed E-state index contributed by atoms with van der Waals surface area (Å²) >= 11 is 0. The van der Waals surface area contributed by atoms with E-state index < -0.39 is 0 Å². The number of anilines is 1. The first-order valence-corrected chi connectivity index (χ1v) is 11.9. The number of imidazole rings is 1. The minimum atomic E-state index is -0.0164. The molecule has 2 fully saturated rings. The van der Waals surface area contributed by atoms with Crippen LogP contribution < -0.4 is 10.6 Å². The van der Waals surface area contributed by atoms with Crippen molar-refractivity contribution in [2.45, 2.75) is 63.8 Å². The average molecular weight is 431 g/mol. The summed E-state index contributed by atoms with van der Waals surface area (Å²) < 4.78 is 0. The maximum atomic E-state index is 12.7. The highest BCUT2D eigenvalue weighted by Crippen LogP contribution is 2.27. The van der Waals surface area contributed by atoms with E-state index in [1.54, 1.807) is 0 Å². The summed E-state index contributed by atoms with van der Waals surface area (Å²) in [7, 11) is 0. The van der Waals surface area contributed by atoms with Gasteiger partial charge in [-0.25, -0.2) is 4.98 Å². The molecular weight excluding hydrogens is 400 g/mol. The number of nitrogens with one attached hydrogen (secondary N) is 3. The highest BCUT2D eigenvalue weighted by Gasteiger charge is 2.22. The molecule has 2 aliphatic rings. The van der Waals surface area contributed by atoms with E-state index >= 15 is 0 Å². The number of hydrogen-bond donors (Lipinski definition) is 3. The highest BCUT2D eigenvalue weighted by atomic mass is 16.2. The molecule has 0 radical (unpaired) electrons. The third-order valence-corrected chi connectivity index (χ3v) is 6.84. The van der Waals surface area contributed by atoms with Crippen LogP contribution in [0.5, 0.6) is 0 Å². The molecule has 0 aliphatic heterocycles. The van der Waals surface area contributed by atoms with Gasteiger partial charge in [0, 0.05) is 28.8 Å². The molecule has 2 aliphatic carbocycles. The fraction of sp³-hybridized carbons (Fsp3) is 0.423. The van der Waals surface area contributed by atoms with Crippen LogP contribution in [0, 0.1) is 5.92 Å². The standard InChI is InChI=1S/C26H30N4O2/c31-25(18-6-4-5-7-18)28-21-13-10-17(11-14-21)24-29-22-15-12-19(16-23(22)30-24)26(32)27-20-8-2-1-3-9-20/h10-16,18,20H,1-9H2,(H,27,32)(H,28,31)(H,29,30). The van der Waals surface area contributed by atoms with Gasteiger partial charge in [-0.3, -0.25) is 9.59 Å². The van der Waals surface area contributed by atoms with Crippen molar-refractivity contribution in [3.05, 3.63) is 48.0 Å². The number of H-pyrrole nitrogens is 1. The van der Waals surface area contributed by atoms with E-state index in [0.717, 1.165) is 66.6 Å². The number of carbonyl (C=O) groups excluding carboxylic acids is 2. The third-order valence-electron chi connectivity index (χ3n) is 6.84. The molecule has 2 saturated carbocycles. The van der Waals surface area contributed by atoms with Gasteiger partial charge in [0.1, 0.15) is 5.82 Å². The van der Waals surface area contributed by atoms with Crippen LogP contribution in [-0.2, 0) is 4.79 Å². The van der Waals surface area contributed by atoms with Crippen LogP contribution in [0.15, 0.2) is 42.5 Å². The molecule has 2 amide bonds. The number of hydrogen-bond acceptors (Lipinski definition) is 3. The van der Waals surface area contributed by atoms with E-state index in [9.17, 15) is 9.59 Å². The fourth-order valence-corrected chi connectivity index (χ4v) is 4.95. The van der Waals surface area contributed by atoms with Crippen LogP contribution in [0.25, 0.3) is 22.4 Å². The molecule has 5 rings (SSSR count). The molecule has 3 aromatic rings. The molecule has 0 bridgehead atoms. The summed E-state index contributed by atoms with van der Waals surface area (Å²) in [5, 5.41) is 6.20. The largest absolute Gasteiger partial charge is 0.349 e. The van der Waals surface area contributed by atoms with E-state index in [0.29, 0.717) is 5.56 Å². The lowest BCUT2D eigenvalue weighted by atomic mass is 9.95. The zero-order valence-electron chi connectivity index (χ0n) is 18.3. The number of benzene rings is 2. The van der Waals surface area contributed by atoms with Crippen molar-refractivity contribution in [1.82, 2.24) is 15.3 Å². The molecule has 0 spiro atoms. The van der Waals surface area contributed by atoms with Gasteiger partial charge < -0.3 is 15.6 Å². The molecule has 6 heteroatoms. The van der Waals surface area contributed by atoms with Crippen LogP contribution in [0.3, 0.4) is 0 Å². The van der Waals surface area contributed by atoms with Gasteiger partial charge in [0.05, 0.1) is 11.0 Å². The molecule has 166 valence electrons. The molecule has 1 heterocycles. The lowest BCUT2D eigenvalue weighted by Crippen LogP contribution is -2.36. The first kappa shape index (κ1) is 20.7. The minimum Gasteiger partial charge on any atom is -0.349 e. The second-order valence-corrected chi connectivity index (χ2v) is 9.17. The number of amides is 2. The van der Waals surface area contributed by atoms with Gasteiger partial charge in [-0.2, -0.15) is 0 Å². The van der Waals surface area contributed by atoms with Gasteiger partial charge in [-0.1, -0.05) is 32.1 Å². The van der Waals surface area contributed by atoms with Crippen molar-refractivity contribution in [3.63, 3.8) is 0 Å². The topological polar surface area (TPSA) is 86.9 Å². The number of aromatic nitrogens is 2. The van der Waals surface area contributed by atoms with E-state index in [2.05, 4.69) is 20.6 Å². The predicted molar refractivity (Wildman–Crippen MR) is 126 cm³/mol. The molecule has 1 aromatic heterocycles. The van der Waals surface area contributed by atoms with Crippen molar-refractivity contribution in [1.29, 1.82) is 0 Å². The second kappa shape index (κ2) is 9.15. The van der Waals surface area contributed by atoms with Gasteiger partial charge in [0.15, 0.2) is 0 Å². The maximum absolute atomic E-state index is 12.7. The Morgan fingerprint density at radius 1 is 0.875 bits per heavy atom. The molecule has 0 unspecified atom stereocenters. The maximum Gasteiger partial charge on any atom is 0.251 e. The Morgan fingerprint density at radius 2 is 1.59 bits per heavy atom. The fourth-order valence-electron chi connectivity index (χ4n) is 4.95. The van der Waals surface area contributed by atoms with E-state index in [1.807, 2.05) is 42.5 Å². The monoisotopic (exact) mass is 430 g/mol. The van der Waals surface area contributed by atoms with Crippen LogP contribution in [0.1, 0.15) is 68.1 Å². The lowest BCUT2D eigenvalue weighted by molar-refractivity contribution is -0.119. The molecule has 3 N–H and O–H groups in total. The first-order chi connectivity index (χ1) is 15.7. The predicted octanol–water partition coefficient (Wildman–Crippen LogP) is 5.42. The number of aromatic amines is 1. The summed E-state index contributed by atoms with van der Waals surface area (Å²) in [5.41, 5.74) is 4.07. The van der Waals surface area contributed by atoms with Crippen LogP contribution in [0.2, 0.25) is 0 Å².